The van der Waals surface area contributed by atoms with Gasteiger partial charge in [-0.3, -0.25) is 0 Å². The van der Waals surface area contributed by atoms with E-state index in [-0.39, 0.29) is 6.29 Å². The highest BCUT2D eigenvalue weighted by Crippen LogP contribution is 2.00. The molecule has 0 atom stereocenters. The van der Waals surface area contributed by atoms with Crippen molar-refractivity contribution in [1.29, 1.82) is 0 Å². The normalized spacial score (nSPS) is 10.7. The Morgan fingerprint density at radius 1 is 1.08 bits per heavy atom. The smallest absolute Gasteiger partial charge is 0.176 e. The van der Waals surface area contributed by atoms with Gasteiger partial charge in [-0.15, -0.1) is 0 Å². The van der Waals surface area contributed by atoms with Gasteiger partial charge in [-0.1, -0.05) is 33.3 Å². The summed E-state index contributed by atoms with van der Waals surface area (Å²) in [6.45, 7) is 9.48. The van der Waals surface area contributed by atoms with Gasteiger partial charge in [0.1, 0.15) is 0 Å². The van der Waals surface area contributed by atoms with Crippen LogP contribution < -0.4 is 0 Å². The molecule has 0 aromatic carbocycles. The molecule has 0 radical (unpaired) electrons. The molecule has 0 aliphatic rings. The number of ether oxygens (including phenoxy) is 2. The topological polar surface area (TPSA) is 18.5 Å². The molecule has 0 saturated carbocycles. The molecule has 0 amide bonds. The van der Waals surface area contributed by atoms with Crippen molar-refractivity contribution >= 4 is 0 Å². The predicted octanol–water partition coefficient (Wildman–Crippen LogP) is 3.13. The molecule has 2 heteroatoms. The maximum Gasteiger partial charge on any atom is 0.176 e. The largest absolute Gasteiger partial charge is 0.349 e. The second kappa shape index (κ2) is 9.75. The monoisotopic (exact) mass is 186 g/mol. The molecular weight excluding hydrogens is 164 g/mol. The number of hydrogen-bond donors (Lipinski definition) is 0. The minimum atomic E-state index is -0.210. The van der Waals surface area contributed by atoms with Gasteiger partial charge in [0.25, 0.3) is 0 Å². The van der Waals surface area contributed by atoms with E-state index >= 15 is 0 Å². The van der Waals surface area contributed by atoms with Crippen LogP contribution in [0.15, 0.2) is 12.7 Å². The van der Waals surface area contributed by atoms with Crippen molar-refractivity contribution in [3.8, 4) is 0 Å². The third-order valence-electron chi connectivity index (χ3n) is 1.75. The van der Waals surface area contributed by atoms with Crippen LogP contribution in [-0.4, -0.2) is 19.5 Å². The van der Waals surface area contributed by atoms with Gasteiger partial charge in [0.15, 0.2) is 6.29 Å². The Labute approximate surface area is 81.9 Å². The van der Waals surface area contributed by atoms with E-state index in [1.807, 2.05) is 0 Å². The van der Waals surface area contributed by atoms with Crippen molar-refractivity contribution in [3.63, 3.8) is 0 Å². The Balaban J connectivity index is 3.34. The van der Waals surface area contributed by atoms with Crippen molar-refractivity contribution in [1.82, 2.24) is 0 Å². The van der Waals surface area contributed by atoms with Gasteiger partial charge < -0.3 is 9.47 Å². The van der Waals surface area contributed by atoms with Gasteiger partial charge in [0.2, 0.25) is 0 Å². The van der Waals surface area contributed by atoms with Gasteiger partial charge >= 0.3 is 0 Å². The summed E-state index contributed by atoms with van der Waals surface area (Å²) in [5, 5.41) is 0. The first-order valence-corrected chi connectivity index (χ1v) is 5.20. The van der Waals surface area contributed by atoms with Crippen LogP contribution in [-0.2, 0) is 9.47 Å². The van der Waals surface area contributed by atoms with Gasteiger partial charge in [0, 0.05) is 0 Å². The average Bonchev–Trinajstić information content (AvgIpc) is 2.16. The SMILES string of the molecule is C=CC(OCCCC)OCCCC. The second-order valence-corrected chi connectivity index (χ2v) is 3.05. The average molecular weight is 186 g/mol. The van der Waals surface area contributed by atoms with Crippen molar-refractivity contribution in [2.45, 2.75) is 45.8 Å². The summed E-state index contributed by atoms with van der Waals surface area (Å²) in [5.41, 5.74) is 0. The first-order valence-electron chi connectivity index (χ1n) is 5.20. The molecule has 0 spiro atoms. The quantitative estimate of drug-likeness (QED) is 0.313. The number of rotatable bonds is 9. The third kappa shape index (κ3) is 8.00. The summed E-state index contributed by atoms with van der Waals surface area (Å²) in [6, 6.07) is 0. The highest BCUT2D eigenvalue weighted by molar-refractivity contribution is 4.71. The van der Waals surface area contributed by atoms with Gasteiger partial charge in [-0.25, -0.2) is 0 Å². The molecule has 0 bridgehead atoms. The molecule has 0 N–H and O–H groups in total. The molecule has 0 aliphatic heterocycles. The lowest BCUT2D eigenvalue weighted by atomic mass is 10.3. The lowest BCUT2D eigenvalue weighted by Crippen LogP contribution is -2.15. The molecule has 13 heavy (non-hydrogen) atoms. The Morgan fingerprint density at radius 2 is 1.54 bits per heavy atom. The predicted molar refractivity (Wildman–Crippen MR) is 55.7 cm³/mol. The molecule has 0 aromatic rings. The maximum atomic E-state index is 5.44. The van der Waals surface area contributed by atoms with Crippen LogP contribution in [0.25, 0.3) is 0 Å². The highest BCUT2D eigenvalue weighted by Gasteiger charge is 2.02. The summed E-state index contributed by atoms with van der Waals surface area (Å²) in [4.78, 5) is 0. The van der Waals surface area contributed by atoms with E-state index in [1.54, 1.807) is 6.08 Å². The van der Waals surface area contributed by atoms with E-state index in [1.165, 1.54) is 0 Å². The summed E-state index contributed by atoms with van der Waals surface area (Å²) in [7, 11) is 0. The molecular formula is C11H22O2. The first kappa shape index (κ1) is 12.7. The van der Waals surface area contributed by atoms with E-state index in [4.69, 9.17) is 9.47 Å². The summed E-state index contributed by atoms with van der Waals surface area (Å²) < 4.78 is 10.9. The zero-order chi connectivity index (χ0) is 9.94. The standard InChI is InChI=1S/C11H22O2/c1-4-7-9-12-11(6-3)13-10-8-5-2/h6,11H,3-5,7-10H2,1-2H3. The summed E-state index contributed by atoms with van der Waals surface area (Å²) in [6.07, 6.45) is 5.98. The molecule has 0 heterocycles. The molecule has 0 rings (SSSR count). The first-order chi connectivity index (χ1) is 6.35. The lowest BCUT2D eigenvalue weighted by Gasteiger charge is -2.14. The van der Waals surface area contributed by atoms with Crippen molar-refractivity contribution in [3.05, 3.63) is 12.7 Å². The number of hydrogen-bond acceptors (Lipinski definition) is 2. The minimum absolute atomic E-state index is 0.210. The molecule has 0 saturated heterocycles. The van der Waals surface area contributed by atoms with E-state index in [9.17, 15) is 0 Å². The minimum Gasteiger partial charge on any atom is -0.349 e. The van der Waals surface area contributed by atoms with Gasteiger partial charge in [-0.05, 0) is 18.9 Å². The summed E-state index contributed by atoms with van der Waals surface area (Å²) >= 11 is 0. The van der Waals surface area contributed by atoms with Crippen LogP contribution in [0.5, 0.6) is 0 Å². The van der Waals surface area contributed by atoms with Crippen LogP contribution in [0.3, 0.4) is 0 Å². The fourth-order valence-electron chi connectivity index (χ4n) is 0.872. The molecule has 78 valence electrons. The van der Waals surface area contributed by atoms with E-state index in [2.05, 4.69) is 20.4 Å². The molecule has 2 nitrogen and oxygen atoms in total. The highest BCUT2D eigenvalue weighted by atomic mass is 16.7. The molecule has 0 unspecified atom stereocenters. The maximum absolute atomic E-state index is 5.44. The fourth-order valence-corrected chi connectivity index (χ4v) is 0.872. The van der Waals surface area contributed by atoms with Crippen LogP contribution in [0.4, 0.5) is 0 Å². The van der Waals surface area contributed by atoms with Crippen molar-refractivity contribution in [2.24, 2.45) is 0 Å². The van der Waals surface area contributed by atoms with Gasteiger partial charge in [0.05, 0.1) is 13.2 Å². The van der Waals surface area contributed by atoms with Gasteiger partial charge in [-0.2, -0.15) is 0 Å². The Morgan fingerprint density at radius 3 is 1.85 bits per heavy atom. The Hall–Kier alpha value is -0.340. The summed E-state index contributed by atoms with van der Waals surface area (Å²) in [5.74, 6) is 0. The Kier molecular flexibility index (Phi) is 9.49. The number of unbranched alkanes of at least 4 members (excludes halogenated alkanes) is 2. The second-order valence-electron chi connectivity index (χ2n) is 3.05. The van der Waals surface area contributed by atoms with Crippen LogP contribution >= 0.6 is 0 Å². The van der Waals surface area contributed by atoms with Crippen LogP contribution in [0.2, 0.25) is 0 Å². The van der Waals surface area contributed by atoms with E-state index in [0.717, 1.165) is 38.9 Å². The lowest BCUT2D eigenvalue weighted by molar-refractivity contribution is -0.112. The fraction of sp³-hybridized carbons (Fsp3) is 0.818. The van der Waals surface area contributed by atoms with Crippen molar-refractivity contribution in [2.75, 3.05) is 13.2 Å². The zero-order valence-electron chi connectivity index (χ0n) is 8.92. The molecule has 0 aliphatic carbocycles. The third-order valence-corrected chi connectivity index (χ3v) is 1.75. The van der Waals surface area contributed by atoms with Crippen LogP contribution in [0.1, 0.15) is 39.5 Å². The molecule has 0 aromatic heterocycles. The zero-order valence-corrected chi connectivity index (χ0v) is 8.92. The Bertz CT molecular complexity index is 103. The van der Waals surface area contributed by atoms with Crippen molar-refractivity contribution < 1.29 is 9.47 Å². The molecule has 0 fully saturated rings. The van der Waals surface area contributed by atoms with E-state index in [0.29, 0.717) is 0 Å². The van der Waals surface area contributed by atoms with Crippen LogP contribution in [0, 0.1) is 0 Å². The van der Waals surface area contributed by atoms with E-state index < -0.39 is 0 Å².